The van der Waals surface area contributed by atoms with Crippen LogP contribution in [0.15, 0.2) is 188 Å². The lowest BCUT2D eigenvalue weighted by Crippen LogP contribution is -1.97. The molecular weight excluding hydrogens is 1850 g/mol. The fraction of sp³-hybridized carbons (Fsp3) is 0.363. The molecule has 0 heterocycles. The summed E-state index contributed by atoms with van der Waals surface area (Å²) in [6.07, 6.45) is 0. The first-order valence-corrected chi connectivity index (χ1v) is 45.7. The molecule has 0 spiro atoms. The molecule has 0 unspecified atom stereocenters. The highest BCUT2D eigenvalue weighted by atomic mass is 35.5. The second kappa shape index (κ2) is 61.4. The highest BCUT2D eigenvalue weighted by Crippen LogP contribution is 2.36. The van der Waals surface area contributed by atoms with Gasteiger partial charge in [0.1, 0.15) is 74.4 Å². The zero-order valence-corrected chi connectivity index (χ0v) is 85.5. The number of aryl methyl sites for hydroxylation is 3. The second-order valence-corrected chi connectivity index (χ2v) is 36.9. The Bertz CT molecular complexity index is 5450. The second-order valence-electron chi connectivity index (χ2n) is 36.1. The van der Waals surface area contributed by atoms with Gasteiger partial charge in [-0.1, -0.05) is 264 Å². The van der Waals surface area contributed by atoms with Gasteiger partial charge in [0, 0.05) is 29.8 Å². The molecule has 12 nitrogen and oxygen atoms in total. The maximum atomic E-state index is 13.2. The number of methoxy groups -OCH3 is 1. The monoisotopic (exact) mass is 1990 g/mol. The highest BCUT2D eigenvalue weighted by molar-refractivity contribution is 6.32. The van der Waals surface area contributed by atoms with E-state index in [1.807, 2.05) is 124 Å². The molecule has 0 aliphatic heterocycles. The molecule has 0 fully saturated rings. The van der Waals surface area contributed by atoms with Crippen molar-refractivity contribution in [1.29, 1.82) is 0 Å². The Morgan fingerprint density at radius 2 is 0.576 bits per heavy atom. The van der Waals surface area contributed by atoms with Gasteiger partial charge in [-0.15, -0.1) is 0 Å². The van der Waals surface area contributed by atoms with Gasteiger partial charge in [0.05, 0.1) is 12.1 Å². The van der Waals surface area contributed by atoms with Crippen LogP contribution in [0.3, 0.4) is 0 Å². The summed E-state index contributed by atoms with van der Waals surface area (Å²) in [7, 11) is 1.55. The number of phenols is 11. The zero-order valence-electron chi connectivity index (χ0n) is 83.9. The molecule has 26 heteroatoms. The third-order valence-corrected chi connectivity index (χ3v) is 21.5. The molecule has 11 N–H and O–H groups in total. The Balaban J connectivity index is 0.00000149. The van der Waals surface area contributed by atoms with E-state index in [0.29, 0.717) is 74.5 Å². The fourth-order valence-corrected chi connectivity index (χ4v) is 12.5. The van der Waals surface area contributed by atoms with Gasteiger partial charge in [0.15, 0.2) is 63.6 Å². The molecular formula is C113H142Cl2F12O12. The topological polar surface area (TPSA) is 232 Å². The van der Waals surface area contributed by atoms with E-state index in [0.717, 1.165) is 81.9 Å². The molecule has 0 amide bonds. The van der Waals surface area contributed by atoms with E-state index >= 15 is 0 Å². The molecule has 0 atom stereocenters. The predicted octanol–water partition coefficient (Wildman–Crippen LogP) is 35.0. The summed E-state index contributed by atoms with van der Waals surface area (Å²) in [5.74, 6) is -7.01. The summed E-state index contributed by atoms with van der Waals surface area (Å²) in [4.78, 5) is 0. The zero-order chi connectivity index (χ0) is 106. The molecule has 0 bridgehead atoms. The van der Waals surface area contributed by atoms with E-state index in [2.05, 4.69) is 69.2 Å². The summed E-state index contributed by atoms with van der Waals surface area (Å²) >= 11 is 11.2. The average molecular weight is 1990 g/mol. The van der Waals surface area contributed by atoms with Crippen LogP contribution in [-0.4, -0.2) is 63.3 Å². The Kier molecular flexibility index (Phi) is 56.1. The normalized spacial score (nSPS) is 10.5. The first-order chi connectivity index (χ1) is 63.9. The first-order valence-electron chi connectivity index (χ1n) is 45.0. The molecule has 139 heavy (non-hydrogen) atoms. The van der Waals surface area contributed by atoms with Crippen LogP contribution in [0.2, 0.25) is 10.0 Å². The molecule has 764 valence electrons. The minimum absolute atomic E-state index is 0. The Morgan fingerprint density at radius 3 is 0.993 bits per heavy atom. The van der Waals surface area contributed by atoms with Crippen molar-refractivity contribution in [3.8, 4) is 69.0 Å². The standard InChI is InChI=1S/C10H13FO.C10H13F.C10H14O2.C10H14O.C9H10ClFO.C9H11ClO.4C9H10F2O.C9H11FO.C9H12O.CH4/c1-6(2)8-5-9(11)10(12)4-7(8)3;1-7(2)9-5-4-8(3)10(11)6-9;1-7(2)8-4-5-9(11)10(6-8)12-3;1-7(2)9-4-5-10(11)8(3)6-9;1-5(2)6-3-4-7(12)8(10)9(6)11;1-6(2)7-3-4-9(11)8(10)5-7;1-5(2)6-3-8(11)9(12)4-7(6)10;1-5(2)9-7(10)3-6(12)4-8(9)11;1-5(2)6-3-7(10)9(12)8(11)4-6;1-5(2)6-3-4-7(12)9(11)8(6)10;1-6(2)8-4-3-7(11)5-9(8)10;1-7(2)8-3-5-9(10)6-4-8;/h4-6,12H,1-3H3;4-7H,1-3H3;4-7,11H,1-3H3;4-7,11H,1-3H3;3-5,12H,1-2H3;3-6,11H,1-2H3;4*3-5,12H,1-2H3;3-6,11H,1-2H3;3-7,10H,1-2H3;1H4. The number of rotatable bonds is 13. The number of phenolic OH excluding ortho intramolecular Hbond substituents is 11. The number of ether oxygens (including phenoxy) is 1. The lowest BCUT2D eigenvalue weighted by molar-refractivity contribution is 0.372. The molecule has 0 radical (unpaired) electrons. The van der Waals surface area contributed by atoms with Gasteiger partial charge >= 0.3 is 0 Å². The molecule has 0 saturated carbocycles. The van der Waals surface area contributed by atoms with Crippen LogP contribution in [0, 0.1) is 90.6 Å². The summed E-state index contributed by atoms with van der Waals surface area (Å²) in [5.41, 5.74) is 11.8. The Morgan fingerprint density at radius 1 is 0.223 bits per heavy atom. The summed E-state index contributed by atoms with van der Waals surface area (Å²) in [6, 6.07) is 47.7. The molecule has 0 aliphatic carbocycles. The quantitative estimate of drug-likeness (QED) is 0.0484. The van der Waals surface area contributed by atoms with E-state index in [9.17, 15) is 62.9 Å². The van der Waals surface area contributed by atoms with Gasteiger partial charge in [-0.05, 0) is 267 Å². The third kappa shape index (κ3) is 43.5. The van der Waals surface area contributed by atoms with Crippen molar-refractivity contribution in [2.75, 3.05) is 7.11 Å². The van der Waals surface area contributed by atoms with Crippen LogP contribution < -0.4 is 4.74 Å². The first kappa shape index (κ1) is 127. The van der Waals surface area contributed by atoms with Crippen molar-refractivity contribution in [1.82, 2.24) is 0 Å². The van der Waals surface area contributed by atoms with E-state index in [1.165, 1.54) is 47.0 Å². The van der Waals surface area contributed by atoms with Crippen molar-refractivity contribution in [3.05, 3.63) is 351 Å². The van der Waals surface area contributed by atoms with Gasteiger partial charge in [-0.3, -0.25) is 0 Å². The van der Waals surface area contributed by atoms with Crippen molar-refractivity contribution in [2.24, 2.45) is 0 Å². The van der Waals surface area contributed by atoms with Crippen molar-refractivity contribution in [2.45, 2.75) is 265 Å². The maximum absolute atomic E-state index is 13.2. The molecule has 12 aromatic rings. The van der Waals surface area contributed by atoms with Crippen molar-refractivity contribution in [3.63, 3.8) is 0 Å². The predicted molar refractivity (Wildman–Crippen MR) is 542 cm³/mol. The van der Waals surface area contributed by atoms with Crippen LogP contribution in [-0.2, 0) is 0 Å². The molecule has 12 aromatic carbocycles. The molecule has 0 saturated heterocycles. The Labute approximate surface area is 825 Å². The molecule has 12 rings (SSSR count). The average Bonchev–Trinajstić information content (AvgIpc) is 0.846. The minimum atomic E-state index is -1.17. The van der Waals surface area contributed by atoms with E-state index in [-0.39, 0.29) is 111 Å². The number of hydrogen-bond donors (Lipinski definition) is 11. The fourth-order valence-electron chi connectivity index (χ4n) is 12.1. The summed E-state index contributed by atoms with van der Waals surface area (Å²) < 4.78 is 160. The van der Waals surface area contributed by atoms with Gasteiger partial charge < -0.3 is 60.9 Å². The van der Waals surface area contributed by atoms with Crippen LogP contribution >= 0.6 is 23.2 Å². The number of benzene rings is 12. The highest BCUT2D eigenvalue weighted by Gasteiger charge is 2.20. The van der Waals surface area contributed by atoms with Crippen LogP contribution in [0.25, 0.3) is 0 Å². The summed E-state index contributed by atoms with van der Waals surface area (Å²) in [6.45, 7) is 52.2. The smallest absolute Gasteiger partial charge is 0.200 e. The van der Waals surface area contributed by atoms with Gasteiger partial charge in [0.2, 0.25) is 5.82 Å². The maximum Gasteiger partial charge on any atom is 0.200 e. The SMILES string of the molecule is C.CC(C)c1c(F)cc(O)cc1F.CC(C)c1cc(F)c(O)c(F)c1.CC(C)c1cc(F)c(O)cc1F.CC(C)c1ccc(O)c(Cl)c1.CC(C)c1ccc(O)c(Cl)c1F.CC(C)c1ccc(O)c(F)c1F.CC(C)c1ccc(O)cc1.CC(C)c1ccc(O)cc1F.COc1cc(C(C)C)ccc1O.Cc1cc(C(C)C)ccc1O.Cc1cc(O)c(F)cc1C(C)C.Cc1ccc(C(C)C)cc1F. The Hall–Kier alpha value is -12.0. The lowest BCUT2D eigenvalue weighted by Gasteiger charge is -2.09. The van der Waals surface area contributed by atoms with Crippen LogP contribution in [0.4, 0.5) is 52.7 Å². The summed E-state index contributed by atoms with van der Waals surface area (Å²) in [5, 5.41) is 98.9. The largest absolute Gasteiger partial charge is 0.508 e. The number of hydrogen-bond acceptors (Lipinski definition) is 12. The molecule has 0 aliphatic rings. The molecule has 0 aromatic heterocycles. The van der Waals surface area contributed by atoms with E-state index in [1.54, 1.807) is 110 Å². The van der Waals surface area contributed by atoms with Gasteiger partial charge in [-0.25, -0.2) is 48.3 Å². The van der Waals surface area contributed by atoms with Gasteiger partial charge in [-0.2, -0.15) is 4.39 Å². The number of aromatic hydroxyl groups is 11. The lowest BCUT2D eigenvalue weighted by atomic mass is 9.98. The number of halogens is 14. The third-order valence-electron chi connectivity index (χ3n) is 20.8. The van der Waals surface area contributed by atoms with E-state index < -0.39 is 75.4 Å². The minimum Gasteiger partial charge on any atom is -0.508 e. The van der Waals surface area contributed by atoms with Crippen molar-refractivity contribution < 1.29 is 114 Å². The van der Waals surface area contributed by atoms with Crippen LogP contribution in [0.5, 0.6) is 69.0 Å². The van der Waals surface area contributed by atoms with Crippen LogP contribution in [0.1, 0.15) is 328 Å². The van der Waals surface area contributed by atoms with Gasteiger partial charge in [0.25, 0.3) is 0 Å². The van der Waals surface area contributed by atoms with E-state index in [4.69, 9.17) is 73.9 Å². The van der Waals surface area contributed by atoms with Crippen molar-refractivity contribution >= 4 is 23.2 Å².